The van der Waals surface area contributed by atoms with Crippen LogP contribution in [0, 0.1) is 0 Å². The summed E-state index contributed by atoms with van der Waals surface area (Å²) in [6.07, 6.45) is 2.01. The van der Waals surface area contributed by atoms with Crippen LogP contribution in [-0.4, -0.2) is 19.1 Å². The van der Waals surface area contributed by atoms with Gasteiger partial charge in [0.2, 0.25) is 6.08 Å². The molecule has 0 aliphatic rings. The van der Waals surface area contributed by atoms with Crippen LogP contribution >= 0.6 is 0 Å². The molecule has 0 fully saturated rings. The maximum absolute atomic E-state index is 10.9. The molecule has 0 unspecified atom stereocenters. The van der Waals surface area contributed by atoms with Gasteiger partial charge in [0.15, 0.2) is 0 Å². The minimum atomic E-state index is -0.444. The van der Waals surface area contributed by atoms with E-state index < -0.39 is 5.91 Å². The van der Waals surface area contributed by atoms with Gasteiger partial charge in [0.05, 0.1) is 7.11 Å². The molecular weight excluding hydrogens is 194 g/mol. The first kappa shape index (κ1) is 11.1. The molecule has 0 atom stereocenters. The van der Waals surface area contributed by atoms with Crippen LogP contribution in [0.2, 0.25) is 0 Å². The summed E-state index contributed by atoms with van der Waals surface area (Å²) < 4.78 is 5.00. The molecule has 0 saturated carbocycles. The van der Waals surface area contributed by atoms with Crippen LogP contribution in [0.1, 0.15) is 12.0 Å². The zero-order valence-electron chi connectivity index (χ0n) is 8.40. The van der Waals surface area contributed by atoms with Crippen molar-refractivity contribution in [3.8, 4) is 5.75 Å². The number of benzene rings is 1. The number of ether oxygens (including phenoxy) is 1. The van der Waals surface area contributed by atoms with E-state index in [9.17, 15) is 9.59 Å². The number of isocyanates is 1. The number of nitrogens with zero attached hydrogens (tertiary/aromatic N) is 1. The molecule has 15 heavy (non-hydrogen) atoms. The second-order valence-corrected chi connectivity index (χ2v) is 2.94. The lowest BCUT2D eigenvalue weighted by atomic mass is 10.1. The number of rotatable bonds is 4. The molecule has 4 heteroatoms. The maximum Gasteiger partial charge on any atom is 0.256 e. The Balaban J connectivity index is 2.51. The fourth-order valence-electron chi connectivity index (χ4n) is 1.15. The lowest BCUT2D eigenvalue weighted by Crippen LogP contribution is -1.96. The molecule has 4 nitrogen and oxygen atoms in total. The molecule has 0 bridgehead atoms. The third kappa shape index (κ3) is 3.75. The first-order valence-corrected chi connectivity index (χ1v) is 4.50. The third-order valence-corrected chi connectivity index (χ3v) is 1.96. The Hall–Kier alpha value is -1.93. The minimum Gasteiger partial charge on any atom is -0.497 e. The Morgan fingerprint density at radius 2 is 2.07 bits per heavy atom. The van der Waals surface area contributed by atoms with Gasteiger partial charge in [-0.05, 0) is 24.1 Å². The summed E-state index contributed by atoms with van der Waals surface area (Å²) in [4.78, 5) is 23.7. The van der Waals surface area contributed by atoms with Gasteiger partial charge in [-0.3, -0.25) is 4.79 Å². The third-order valence-electron chi connectivity index (χ3n) is 1.96. The molecule has 1 aromatic rings. The van der Waals surface area contributed by atoms with E-state index >= 15 is 0 Å². The molecule has 0 heterocycles. The fraction of sp³-hybridized carbons (Fsp3) is 0.273. The number of hydrogen-bond donors (Lipinski definition) is 0. The SMILES string of the molecule is COc1ccc(CCC(=O)N=C=O)cc1. The summed E-state index contributed by atoms with van der Waals surface area (Å²) >= 11 is 0. The van der Waals surface area contributed by atoms with Gasteiger partial charge in [-0.15, -0.1) is 4.99 Å². The number of carbonyl (C=O) groups excluding carboxylic acids is 2. The Morgan fingerprint density at radius 3 is 2.60 bits per heavy atom. The number of carbonyl (C=O) groups is 1. The van der Waals surface area contributed by atoms with Crippen molar-refractivity contribution in [2.45, 2.75) is 12.8 Å². The number of hydrogen-bond acceptors (Lipinski definition) is 3. The maximum atomic E-state index is 10.9. The highest BCUT2D eigenvalue weighted by Crippen LogP contribution is 2.12. The van der Waals surface area contributed by atoms with Crippen molar-refractivity contribution in [3.05, 3.63) is 29.8 Å². The highest BCUT2D eigenvalue weighted by Gasteiger charge is 2.00. The van der Waals surface area contributed by atoms with Gasteiger partial charge in [0.1, 0.15) is 5.75 Å². The van der Waals surface area contributed by atoms with E-state index in [0.717, 1.165) is 11.3 Å². The van der Waals surface area contributed by atoms with Crippen molar-refractivity contribution >= 4 is 12.0 Å². The summed E-state index contributed by atoms with van der Waals surface area (Å²) in [5.41, 5.74) is 1.00. The van der Waals surface area contributed by atoms with E-state index in [1.54, 1.807) is 7.11 Å². The topological polar surface area (TPSA) is 55.7 Å². The van der Waals surface area contributed by atoms with Gasteiger partial charge in [-0.2, -0.15) is 0 Å². The van der Waals surface area contributed by atoms with Crippen LogP contribution in [-0.2, 0) is 16.0 Å². The Morgan fingerprint density at radius 1 is 1.40 bits per heavy atom. The smallest absolute Gasteiger partial charge is 0.256 e. The number of aliphatic imine (C=N–C) groups is 1. The molecule has 0 spiro atoms. The normalized spacial score (nSPS) is 9.13. The van der Waals surface area contributed by atoms with Crippen LogP contribution in [0.5, 0.6) is 5.75 Å². The fourth-order valence-corrected chi connectivity index (χ4v) is 1.15. The Kier molecular flexibility index (Phi) is 4.26. The molecule has 0 N–H and O–H groups in total. The predicted molar refractivity (Wildman–Crippen MR) is 54.4 cm³/mol. The molecule has 1 aromatic carbocycles. The molecule has 1 rings (SSSR count). The van der Waals surface area contributed by atoms with E-state index in [4.69, 9.17) is 4.74 Å². The summed E-state index contributed by atoms with van der Waals surface area (Å²) in [7, 11) is 1.59. The quantitative estimate of drug-likeness (QED) is 0.552. The number of aryl methyl sites for hydroxylation is 1. The number of amides is 1. The molecule has 78 valence electrons. The van der Waals surface area contributed by atoms with Gasteiger partial charge in [0.25, 0.3) is 5.91 Å². The highest BCUT2D eigenvalue weighted by atomic mass is 16.5. The first-order chi connectivity index (χ1) is 7.26. The standard InChI is InChI=1S/C11H11NO3/c1-15-10-5-2-9(3-6-10)4-7-11(14)12-8-13/h2-3,5-6H,4,7H2,1H3. The lowest BCUT2D eigenvalue weighted by Gasteiger charge is -2.01. The van der Waals surface area contributed by atoms with Crippen molar-refractivity contribution in [2.24, 2.45) is 4.99 Å². The average Bonchev–Trinajstić information content (AvgIpc) is 2.27. The van der Waals surface area contributed by atoms with Crippen molar-refractivity contribution in [3.63, 3.8) is 0 Å². The van der Waals surface area contributed by atoms with Crippen LogP contribution in [0.4, 0.5) is 0 Å². The summed E-state index contributed by atoms with van der Waals surface area (Å²) in [6.45, 7) is 0. The lowest BCUT2D eigenvalue weighted by molar-refractivity contribution is -0.117. The number of methoxy groups -OCH3 is 1. The van der Waals surface area contributed by atoms with E-state index in [0.29, 0.717) is 6.42 Å². The van der Waals surface area contributed by atoms with E-state index in [1.165, 1.54) is 6.08 Å². The predicted octanol–water partition coefficient (Wildman–Crippen LogP) is 1.49. The highest BCUT2D eigenvalue weighted by molar-refractivity contribution is 5.81. The summed E-state index contributed by atoms with van der Waals surface area (Å²) in [6, 6.07) is 7.39. The first-order valence-electron chi connectivity index (χ1n) is 4.50. The van der Waals surface area contributed by atoms with Gasteiger partial charge in [-0.1, -0.05) is 12.1 Å². The van der Waals surface area contributed by atoms with E-state index in [-0.39, 0.29) is 6.42 Å². The summed E-state index contributed by atoms with van der Waals surface area (Å²) in [5.74, 6) is 0.330. The zero-order valence-corrected chi connectivity index (χ0v) is 8.40. The molecular formula is C11H11NO3. The van der Waals surface area contributed by atoms with Gasteiger partial charge < -0.3 is 4.74 Å². The molecule has 1 amide bonds. The Bertz CT molecular complexity index is 377. The summed E-state index contributed by atoms with van der Waals surface area (Å²) in [5, 5.41) is 0. The molecule has 0 saturated heterocycles. The molecule has 0 aromatic heterocycles. The van der Waals surface area contributed by atoms with Crippen LogP contribution in [0.3, 0.4) is 0 Å². The second kappa shape index (κ2) is 5.73. The molecule has 0 radical (unpaired) electrons. The monoisotopic (exact) mass is 205 g/mol. The van der Waals surface area contributed by atoms with E-state index in [1.807, 2.05) is 24.3 Å². The minimum absolute atomic E-state index is 0.224. The van der Waals surface area contributed by atoms with E-state index in [2.05, 4.69) is 4.99 Å². The van der Waals surface area contributed by atoms with Crippen molar-refractivity contribution < 1.29 is 14.3 Å². The average molecular weight is 205 g/mol. The van der Waals surface area contributed by atoms with Gasteiger partial charge in [0, 0.05) is 6.42 Å². The van der Waals surface area contributed by atoms with Gasteiger partial charge in [-0.25, -0.2) is 4.79 Å². The van der Waals surface area contributed by atoms with Crippen molar-refractivity contribution in [1.82, 2.24) is 0 Å². The van der Waals surface area contributed by atoms with Crippen LogP contribution < -0.4 is 4.74 Å². The van der Waals surface area contributed by atoms with Crippen LogP contribution in [0.25, 0.3) is 0 Å². The largest absolute Gasteiger partial charge is 0.497 e. The Labute approximate surface area is 87.6 Å². The van der Waals surface area contributed by atoms with Crippen molar-refractivity contribution in [1.29, 1.82) is 0 Å². The molecule has 0 aliphatic carbocycles. The zero-order chi connectivity index (χ0) is 11.1. The van der Waals surface area contributed by atoms with Crippen molar-refractivity contribution in [2.75, 3.05) is 7.11 Å². The molecule has 0 aliphatic heterocycles. The van der Waals surface area contributed by atoms with Gasteiger partial charge >= 0.3 is 0 Å². The second-order valence-electron chi connectivity index (χ2n) is 2.94. The van der Waals surface area contributed by atoms with Crippen LogP contribution in [0.15, 0.2) is 29.3 Å².